The molecule has 1 fully saturated rings. The number of benzene rings is 1. The van der Waals surface area contributed by atoms with E-state index in [1.54, 1.807) is 29.2 Å². The second-order valence-corrected chi connectivity index (χ2v) is 7.18. The summed E-state index contributed by atoms with van der Waals surface area (Å²) in [6, 6.07) is 6.79. The monoisotopic (exact) mass is 301 g/mol. The lowest BCUT2D eigenvalue weighted by atomic mass is 10.2. The molecule has 6 heteroatoms. The van der Waals surface area contributed by atoms with E-state index in [0.29, 0.717) is 23.7 Å². The van der Waals surface area contributed by atoms with E-state index in [-0.39, 0.29) is 11.7 Å². The fourth-order valence-electron chi connectivity index (χ4n) is 2.15. The Balaban J connectivity index is 2.02. The molecule has 0 saturated carbocycles. The van der Waals surface area contributed by atoms with Gasteiger partial charge in [-0.2, -0.15) is 0 Å². The van der Waals surface area contributed by atoms with Crippen molar-refractivity contribution in [3.05, 3.63) is 34.9 Å². The Morgan fingerprint density at radius 3 is 2.47 bits per heavy atom. The maximum Gasteiger partial charge on any atom is 0.237 e. The molecule has 0 atom stereocenters. The fraction of sp³-hybridized carbons (Fsp3) is 0.462. The van der Waals surface area contributed by atoms with Gasteiger partial charge in [-0.15, -0.1) is 0 Å². The van der Waals surface area contributed by atoms with Crippen molar-refractivity contribution < 1.29 is 13.2 Å². The third-order valence-corrected chi connectivity index (χ3v) is 4.94. The lowest BCUT2D eigenvalue weighted by Crippen LogP contribution is -2.33. The number of sulfone groups is 1. The van der Waals surface area contributed by atoms with E-state index in [1.807, 2.05) is 0 Å². The van der Waals surface area contributed by atoms with Gasteiger partial charge in [0.25, 0.3) is 0 Å². The summed E-state index contributed by atoms with van der Waals surface area (Å²) in [6.07, 6.45) is 1.91. The summed E-state index contributed by atoms with van der Waals surface area (Å²) < 4.78 is 24.0. The zero-order valence-electron chi connectivity index (χ0n) is 10.5. The first kappa shape index (κ1) is 14.3. The van der Waals surface area contributed by atoms with Crippen LogP contribution in [0.25, 0.3) is 0 Å². The van der Waals surface area contributed by atoms with Crippen molar-refractivity contribution in [1.82, 2.24) is 4.90 Å². The van der Waals surface area contributed by atoms with Gasteiger partial charge in [-0.25, -0.2) is 8.42 Å². The molecule has 1 aliphatic heterocycles. The van der Waals surface area contributed by atoms with Crippen LogP contribution in [0.1, 0.15) is 18.4 Å². The second-order valence-electron chi connectivity index (χ2n) is 4.71. The molecule has 0 aliphatic carbocycles. The molecule has 1 amide bonds. The van der Waals surface area contributed by atoms with E-state index in [1.165, 1.54) is 0 Å². The molecule has 0 aromatic heterocycles. The summed E-state index contributed by atoms with van der Waals surface area (Å²) in [5.74, 6) is -0.922. The molecule has 1 aromatic carbocycles. The number of likely N-dealkylation sites (tertiary alicyclic amines) is 1. The molecule has 1 aromatic rings. The van der Waals surface area contributed by atoms with Crippen LogP contribution >= 0.6 is 11.6 Å². The average molecular weight is 302 g/mol. The van der Waals surface area contributed by atoms with Crippen LogP contribution in [0.4, 0.5) is 0 Å². The van der Waals surface area contributed by atoms with Crippen molar-refractivity contribution in [2.45, 2.75) is 18.6 Å². The predicted octanol–water partition coefficient (Wildman–Crippen LogP) is 1.88. The lowest BCUT2D eigenvalue weighted by Gasteiger charge is -2.15. The van der Waals surface area contributed by atoms with Gasteiger partial charge in [0.2, 0.25) is 5.91 Å². The standard InChI is InChI=1S/C13H16ClNO3S/c14-12-6-2-1-5-11(12)9-19(17,18)10-13(16)15-7-3-4-8-15/h1-2,5-6H,3-4,7-10H2. The number of hydrogen-bond acceptors (Lipinski definition) is 3. The highest BCUT2D eigenvalue weighted by atomic mass is 35.5. The highest BCUT2D eigenvalue weighted by molar-refractivity contribution is 7.91. The Kier molecular flexibility index (Phi) is 4.47. The van der Waals surface area contributed by atoms with E-state index >= 15 is 0 Å². The number of carbonyl (C=O) groups is 1. The number of rotatable bonds is 4. The number of carbonyl (C=O) groups excluding carboxylic acids is 1. The first-order chi connectivity index (χ1) is 8.98. The number of hydrogen-bond donors (Lipinski definition) is 0. The Morgan fingerprint density at radius 2 is 1.84 bits per heavy atom. The molecule has 1 saturated heterocycles. The van der Waals surface area contributed by atoms with Gasteiger partial charge in [-0.1, -0.05) is 29.8 Å². The molecule has 4 nitrogen and oxygen atoms in total. The van der Waals surface area contributed by atoms with Gasteiger partial charge in [0.15, 0.2) is 9.84 Å². The molecular weight excluding hydrogens is 286 g/mol. The van der Waals surface area contributed by atoms with Gasteiger partial charge in [-0.3, -0.25) is 4.79 Å². The molecular formula is C13H16ClNO3S. The van der Waals surface area contributed by atoms with Crippen molar-refractivity contribution in [1.29, 1.82) is 0 Å². The van der Waals surface area contributed by atoms with Crippen LogP contribution in [0.15, 0.2) is 24.3 Å². The normalized spacial score (nSPS) is 15.7. The molecule has 104 valence electrons. The van der Waals surface area contributed by atoms with Crippen molar-refractivity contribution >= 4 is 27.3 Å². The molecule has 19 heavy (non-hydrogen) atoms. The molecule has 0 N–H and O–H groups in total. The van der Waals surface area contributed by atoms with Crippen molar-refractivity contribution in [3.63, 3.8) is 0 Å². The molecule has 1 heterocycles. The van der Waals surface area contributed by atoms with Crippen LogP contribution in [0.5, 0.6) is 0 Å². The van der Waals surface area contributed by atoms with Crippen LogP contribution in [-0.2, 0) is 20.4 Å². The van der Waals surface area contributed by atoms with Gasteiger partial charge in [-0.05, 0) is 24.5 Å². The Labute approximate surface area is 118 Å². The first-order valence-corrected chi connectivity index (χ1v) is 8.39. The van der Waals surface area contributed by atoms with E-state index in [0.717, 1.165) is 12.8 Å². The smallest absolute Gasteiger partial charge is 0.237 e. The van der Waals surface area contributed by atoms with Crippen LogP contribution in [0, 0.1) is 0 Å². The number of halogens is 1. The van der Waals surface area contributed by atoms with Crippen molar-refractivity contribution in [2.24, 2.45) is 0 Å². The Bertz CT molecular complexity index is 565. The SMILES string of the molecule is O=C(CS(=O)(=O)Cc1ccccc1Cl)N1CCCC1. The summed E-state index contributed by atoms with van der Waals surface area (Å²) in [7, 11) is -3.47. The van der Waals surface area contributed by atoms with Gasteiger partial charge < -0.3 is 4.90 Å². The molecule has 2 rings (SSSR count). The molecule has 0 bridgehead atoms. The van der Waals surface area contributed by atoms with Crippen LogP contribution in [0.3, 0.4) is 0 Å². The van der Waals surface area contributed by atoms with E-state index in [2.05, 4.69) is 0 Å². The van der Waals surface area contributed by atoms with E-state index < -0.39 is 15.6 Å². The van der Waals surface area contributed by atoms with Crippen LogP contribution < -0.4 is 0 Å². The summed E-state index contributed by atoms with van der Waals surface area (Å²) in [5.41, 5.74) is 0.540. The molecule has 1 aliphatic rings. The maximum absolute atomic E-state index is 12.0. The minimum absolute atomic E-state index is 0.188. The minimum Gasteiger partial charge on any atom is -0.342 e. The zero-order valence-corrected chi connectivity index (χ0v) is 12.1. The minimum atomic E-state index is -3.47. The molecule has 0 spiro atoms. The number of amides is 1. The summed E-state index contributed by atoms with van der Waals surface area (Å²) in [6.45, 7) is 1.33. The lowest BCUT2D eigenvalue weighted by molar-refractivity contribution is -0.127. The Hall–Kier alpha value is -1.07. The van der Waals surface area contributed by atoms with E-state index in [4.69, 9.17) is 11.6 Å². The summed E-state index contributed by atoms with van der Waals surface area (Å²) in [4.78, 5) is 13.5. The third-order valence-electron chi connectivity index (χ3n) is 3.14. The second kappa shape index (κ2) is 5.92. The molecule has 0 unspecified atom stereocenters. The highest BCUT2D eigenvalue weighted by Gasteiger charge is 2.24. The quantitative estimate of drug-likeness (QED) is 0.853. The average Bonchev–Trinajstić information content (AvgIpc) is 2.85. The first-order valence-electron chi connectivity index (χ1n) is 6.19. The van der Waals surface area contributed by atoms with Gasteiger partial charge >= 0.3 is 0 Å². The van der Waals surface area contributed by atoms with Crippen molar-refractivity contribution in [3.8, 4) is 0 Å². The fourth-order valence-corrected chi connectivity index (χ4v) is 3.82. The topological polar surface area (TPSA) is 54.5 Å². The van der Waals surface area contributed by atoms with Gasteiger partial charge in [0.05, 0.1) is 5.75 Å². The van der Waals surface area contributed by atoms with E-state index in [9.17, 15) is 13.2 Å². The summed E-state index contributed by atoms with van der Waals surface area (Å²) in [5, 5.41) is 0.416. The Morgan fingerprint density at radius 1 is 1.21 bits per heavy atom. The summed E-state index contributed by atoms with van der Waals surface area (Å²) >= 11 is 5.93. The predicted molar refractivity (Wildman–Crippen MR) is 74.8 cm³/mol. The third kappa shape index (κ3) is 3.94. The van der Waals surface area contributed by atoms with Crippen molar-refractivity contribution in [2.75, 3.05) is 18.8 Å². The largest absolute Gasteiger partial charge is 0.342 e. The maximum atomic E-state index is 12.0. The van der Waals surface area contributed by atoms with Crippen LogP contribution in [0.2, 0.25) is 5.02 Å². The highest BCUT2D eigenvalue weighted by Crippen LogP contribution is 2.18. The zero-order chi connectivity index (χ0) is 13.9. The number of nitrogens with zero attached hydrogens (tertiary/aromatic N) is 1. The van der Waals surface area contributed by atoms with Gasteiger partial charge in [0, 0.05) is 18.1 Å². The van der Waals surface area contributed by atoms with Crippen LogP contribution in [-0.4, -0.2) is 38.1 Å². The van der Waals surface area contributed by atoms with Gasteiger partial charge in [0.1, 0.15) is 5.75 Å². The molecule has 0 radical (unpaired) electrons.